The molecule has 0 aromatic heterocycles. The zero-order valence-corrected chi connectivity index (χ0v) is 45.8. The number of ether oxygens (including phenoxy) is 2. The molecular formula is C64H105NO8. The molecule has 9 nitrogen and oxygen atoms in total. The van der Waals surface area contributed by atoms with Gasteiger partial charge in [-0.1, -0.05) is 237 Å². The minimum atomic E-state index is -1.57. The van der Waals surface area contributed by atoms with E-state index in [2.05, 4.69) is 141 Å². The Balaban J connectivity index is 2.10. The molecule has 0 aromatic carbocycles. The van der Waals surface area contributed by atoms with Gasteiger partial charge in [-0.3, -0.25) is 4.79 Å². The Hall–Kier alpha value is -3.67. The summed E-state index contributed by atoms with van der Waals surface area (Å²) in [6, 6.07) is -0.813. The average Bonchev–Trinajstić information content (AvgIpc) is 3.39. The van der Waals surface area contributed by atoms with Crippen LogP contribution in [0, 0.1) is 0 Å². The molecule has 0 radical (unpaired) electrons. The highest BCUT2D eigenvalue weighted by Crippen LogP contribution is 2.23. The van der Waals surface area contributed by atoms with Gasteiger partial charge < -0.3 is 40.3 Å². The minimum Gasteiger partial charge on any atom is -0.394 e. The molecule has 1 aliphatic rings. The summed E-state index contributed by atoms with van der Waals surface area (Å²) in [4.78, 5) is 13.0. The lowest BCUT2D eigenvalue weighted by molar-refractivity contribution is -0.302. The summed E-state index contributed by atoms with van der Waals surface area (Å²) in [5.74, 6) is -0.190. The average molecular weight is 1020 g/mol. The summed E-state index contributed by atoms with van der Waals surface area (Å²) < 4.78 is 11.2. The Kier molecular flexibility index (Phi) is 47.8. The molecular weight excluding hydrogens is 911 g/mol. The number of unbranched alkanes of at least 4 members (excludes halogenated alkanes) is 17. The molecule has 73 heavy (non-hydrogen) atoms. The van der Waals surface area contributed by atoms with Crippen LogP contribution < -0.4 is 5.32 Å². The molecule has 0 bridgehead atoms. The first kappa shape index (κ1) is 67.3. The lowest BCUT2D eigenvalue weighted by atomic mass is 9.99. The van der Waals surface area contributed by atoms with E-state index in [9.17, 15) is 30.3 Å². The number of aliphatic hydroxyl groups excluding tert-OH is 5. The van der Waals surface area contributed by atoms with E-state index in [4.69, 9.17) is 9.47 Å². The first-order valence-corrected chi connectivity index (χ1v) is 28.9. The summed E-state index contributed by atoms with van der Waals surface area (Å²) in [6.07, 6.45) is 72.5. The maximum Gasteiger partial charge on any atom is 0.220 e. The number of hydrogen-bond donors (Lipinski definition) is 6. The molecule has 414 valence electrons. The van der Waals surface area contributed by atoms with E-state index >= 15 is 0 Å². The monoisotopic (exact) mass is 1020 g/mol. The van der Waals surface area contributed by atoms with Gasteiger partial charge in [0.1, 0.15) is 24.4 Å². The second kappa shape index (κ2) is 51.8. The summed E-state index contributed by atoms with van der Waals surface area (Å²) in [5, 5.41) is 54.2. The number of nitrogens with one attached hydrogen (secondary N) is 1. The molecule has 1 saturated heterocycles. The third-order valence-electron chi connectivity index (χ3n) is 12.7. The molecule has 0 saturated carbocycles. The molecule has 7 unspecified atom stereocenters. The predicted molar refractivity (Wildman–Crippen MR) is 308 cm³/mol. The van der Waals surface area contributed by atoms with Crippen LogP contribution in [-0.4, -0.2) is 87.5 Å². The van der Waals surface area contributed by atoms with Crippen LogP contribution in [0.5, 0.6) is 0 Å². The second-order valence-electron chi connectivity index (χ2n) is 19.4. The summed E-state index contributed by atoms with van der Waals surface area (Å²) in [6.45, 7) is 3.61. The van der Waals surface area contributed by atoms with Crippen molar-refractivity contribution in [1.82, 2.24) is 5.32 Å². The van der Waals surface area contributed by atoms with Crippen molar-refractivity contribution in [3.63, 3.8) is 0 Å². The lowest BCUT2D eigenvalue weighted by Gasteiger charge is -2.40. The zero-order chi connectivity index (χ0) is 52.9. The topological polar surface area (TPSA) is 149 Å². The van der Waals surface area contributed by atoms with E-state index in [0.717, 1.165) is 116 Å². The maximum absolute atomic E-state index is 13.0. The van der Waals surface area contributed by atoms with Gasteiger partial charge in [-0.15, -0.1) is 0 Å². The number of hydrogen-bond acceptors (Lipinski definition) is 8. The Morgan fingerprint density at radius 3 is 1.26 bits per heavy atom. The third kappa shape index (κ3) is 41.3. The summed E-state index contributed by atoms with van der Waals surface area (Å²) >= 11 is 0. The van der Waals surface area contributed by atoms with Crippen LogP contribution in [0.15, 0.2) is 134 Å². The summed E-state index contributed by atoms with van der Waals surface area (Å²) in [5.41, 5.74) is 0. The van der Waals surface area contributed by atoms with Gasteiger partial charge in [-0.25, -0.2) is 0 Å². The minimum absolute atomic E-state index is 0.190. The van der Waals surface area contributed by atoms with Crippen LogP contribution in [0.1, 0.15) is 206 Å². The first-order valence-electron chi connectivity index (χ1n) is 28.9. The zero-order valence-electron chi connectivity index (χ0n) is 45.8. The van der Waals surface area contributed by atoms with Gasteiger partial charge in [-0.2, -0.15) is 0 Å². The molecule has 7 atom stereocenters. The maximum atomic E-state index is 13.0. The highest BCUT2D eigenvalue weighted by atomic mass is 16.7. The smallest absolute Gasteiger partial charge is 0.220 e. The Labute approximate surface area is 445 Å². The molecule has 1 fully saturated rings. The largest absolute Gasteiger partial charge is 0.394 e. The van der Waals surface area contributed by atoms with Crippen molar-refractivity contribution in [2.24, 2.45) is 0 Å². The first-order chi connectivity index (χ1) is 35.8. The number of carbonyl (C=O) groups excluding carboxylic acids is 1. The van der Waals surface area contributed by atoms with Crippen molar-refractivity contribution in [2.45, 2.75) is 249 Å². The number of allylic oxidation sites excluding steroid dienone is 21. The van der Waals surface area contributed by atoms with E-state index in [-0.39, 0.29) is 12.5 Å². The van der Waals surface area contributed by atoms with Crippen molar-refractivity contribution in [3.8, 4) is 0 Å². The quantitative estimate of drug-likeness (QED) is 0.0261. The normalized spacial score (nSPS) is 20.1. The highest BCUT2D eigenvalue weighted by molar-refractivity contribution is 5.76. The Morgan fingerprint density at radius 1 is 0.479 bits per heavy atom. The van der Waals surface area contributed by atoms with Crippen LogP contribution in [0.2, 0.25) is 0 Å². The van der Waals surface area contributed by atoms with Crippen molar-refractivity contribution in [2.75, 3.05) is 13.2 Å². The van der Waals surface area contributed by atoms with Crippen molar-refractivity contribution in [3.05, 3.63) is 134 Å². The number of carbonyl (C=O) groups is 1. The van der Waals surface area contributed by atoms with Gasteiger partial charge in [0.2, 0.25) is 5.91 Å². The predicted octanol–water partition coefficient (Wildman–Crippen LogP) is 14.5. The van der Waals surface area contributed by atoms with Gasteiger partial charge >= 0.3 is 0 Å². The molecule has 6 N–H and O–H groups in total. The third-order valence-corrected chi connectivity index (χ3v) is 12.7. The molecule has 1 aliphatic heterocycles. The van der Waals surface area contributed by atoms with Gasteiger partial charge in [0.15, 0.2) is 6.29 Å². The molecule has 1 amide bonds. The fraction of sp³-hybridized carbons (Fsp3) is 0.641. The number of amides is 1. The SMILES string of the molecule is CC/C=C\C/C=C\C/C=C\C/C=C\C/C=C\C/C=C\C/C=C\C/C=C\C/C=C\C/C=C\CCCCCCCCCCCCC(=O)NC(COC1OC(CO)C(O)C(O)C1O)C(O)/C=C/CCCCCCCCC. The van der Waals surface area contributed by atoms with Gasteiger partial charge in [0.25, 0.3) is 0 Å². The van der Waals surface area contributed by atoms with Crippen LogP contribution in [0.4, 0.5) is 0 Å². The Morgan fingerprint density at radius 2 is 0.849 bits per heavy atom. The van der Waals surface area contributed by atoms with E-state index < -0.39 is 49.5 Å². The van der Waals surface area contributed by atoms with Gasteiger partial charge in [-0.05, 0) is 96.3 Å². The van der Waals surface area contributed by atoms with Crippen LogP contribution in [0.25, 0.3) is 0 Å². The highest BCUT2D eigenvalue weighted by Gasteiger charge is 2.44. The van der Waals surface area contributed by atoms with E-state index in [1.54, 1.807) is 6.08 Å². The summed E-state index contributed by atoms with van der Waals surface area (Å²) in [7, 11) is 0. The van der Waals surface area contributed by atoms with Gasteiger partial charge in [0, 0.05) is 6.42 Å². The van der Waals surface area contributed by atoms with E-state index in [1.807, 2.05) is 6.08 Å². The fourth-order valence-electron chi connectivity index (χ4n) is 8.18. The van der Waals surface area contributed by atoms with Crippen LogP contribution in [0.3, 0.4) is 0 Å². The molecule has 0 aromatic rings. The van der Waals surface area contributed by atoms with Crippen molar-refractivity contribution >= 4 is 5.91 Å². The molecule has 1 heterocycles. The van der Waals surface area contributed by atoms with E-state index in [1.165, 1.54) is 70.6 Å². The fourth-order valence-corrected chi connectivity index (χ4v) is 8.18. The van der Waals surface area contributed by atoms with Gasteiger partial charge in [0.05, 0.1) is 25.4 Å². The standard InChI is InChI=1S/C64H105NO8/c1-3-5-7-9-11-13-14-15-16-17-18-19-20-21-22-23-24-25-26-27-28-29-30-31-32-33-34-35-36-37-38-39-40-41-42-43-44-46-48-50-52-54-60(68)65-57(58(67)53-51-49-47-45-12-10-8-6-4-2)56-72-64-63(71)62(70)61(69)59(55-66)73-64/h5,7,11,13,15-16,18-19,21-22,24-25,27-28,30-31,33-34,36-37,51,53,57-59,61-64,66-67,69-71H,3-4,6,8-10,12,14,17,20,23,26,29,32,35,38-50,52,54-56H2,1-2H3,(H,65,68)/b7-5-,13-11-,16-15-,19-18-,22-21-,25-24-,28-27-,31-30-,34-33-,37-36-,53-51+. The van der Waals surface area contributed by atoms with Crippen LogP contribution >= 0.6 is 0 Å². The Bertz CT molecular complexity index is 1600. The second-order valence-corrected chi connectivity index (χ2v) is 19.4. The number of aliphatic hydroxyl groups is 5. The number of rotatable bonds is 47. The van der Waals surface area contributed by atoms with E-state index in [0.29, 0.717) is 6.42 Å². The van der Waals surface area contributed by atoms with Crippen molar-refractivity contribution in [1.29, 1.82) is 0 Å². The molecule has 9 heteroatoms. The molecule has 0 aliphatic carbocycles. The molecule has 1 rings (SSSR count). The van der Waals surface area contributed by atoms with Crippen LogP contribution in [-0.2, 0) is 14.3 Å². The van der Waals surface area contributed by atoms with Crippen molar-refractivity contribution < 1.29 is 39.8 Å². The molecule has 0 spiro atoms. The lowest BCUT2D eigenvalue weighted by Crippen LogP contribution is -2.60.